The molecule has 6 rings (SSSR count). The Labute approximate surface area is 246 Å². The van der Waals surface area contributed by atoms with Gasteiger partial charge in [0.25, 0.3) is 0 Å². The standard InChI is InChI=1S/C13H9.C12H11Si.C7H13NO.2ClH.Ti/c1-3-7-12-10(5-1)9-11-6-2-4-8-13(11)12;1-3-7-11(8-4-1)13-12-9-5-2-6-10-12;8-7(9)6-4-2-1-3-5-6;;;/h1-5,7-8H,9H2;1-10,13H;6H,1-5H2,(H2,8,9);2*1H;/q-1;;;;;+2/p-3. The second-order valence-electron chi connectivity index (χ2n) is 9.13. The summed E-state index contributed by atoms with van der Waals surface area (Å²) in [6.07, 6.45) is 6.52. The van der Waals surface area contributed by atoms with E-state index in [1.165, 1.54) is 39.0 Å². The average Bonchev–Trinajstić information content (AvgIpc) is 3.35. The minimum atomic E-state index is -0.556. The molecule has 1 fully saturated rings. The van der Waals surface area contributed by atoms with Crippen molar-refractivity contribution in [3.8, 4) is 11.1 Å². The first-order valence-corrected chi connectivity index (χ1v) is 18.3. The first kappa shape index (κ1) is 30.4. The summed E-state index contributed by atoms with van der Waals surface area (Å²) in [5.41, 5.74) is 12.3. The summed E-state index contributed by atoms with van der Waals surface area (Å²) < 4.78 is 0. The Morgan fingerprint density at radius 3 is 1.84 bits per heavy atom. The van der Waals surface area contributed by atoms with Crippen LogP contribution in [0.15, 0.2) is 103 Å². The zero-order valence-electron chi connectivity index (χ0n) is 21.4. The van der Waals surface area contributed by atoms with Gasteiger partial charge in [0, 0.05) is 5.92 Å². The van der Waals surface area contributed by atoms with Gasteiger partial charge in [-0.15, -0.1) is 5.56 Å². The van der Waals surface area contributed by atoms with Crippen molar-refractivity contribution in [2.24, 2.45) is 5.92 Å². The molecule has 0 saturated heterocycles. The fraction of sp³-hybridized carbons (Fsp3) is 0.219. The molecule has 0 heterocycles. The number of rotatable bonds is 3. The minimum absolute atomic E-state index is 0.0822. The van der Waals surface area contributed by atoms with E-state index in [2.05, 4.69) is 103 Å². The van der Waals surface area contributed by atoms with E-state index in [1.807, 2.05) is 6.07 Å². The molecular weight excluding hydrogens is 561 g/mol. The molecule has 1 amide bonds. The molecule has 0 unspecified atom stereocenters. The van der Waals surface area contributed by atoms with Crippen LogP contribution in [0.4, 0.5) is 0 Å². The number of benzene rings is 4. The largest absolute Gasteiger partial charge is 0.668 e. The van der Waals surface area contributed by atoms with Gasteiger partial charge in [-0.1, -0.05) is 126 Å². The third-order valence-corrected chi connectivity index (χ3v) is 7.96. The van der Waals surface area contributed by atoms with Crippen LogP contribution >= 0.6 is 18.6 Å². The van der Waals surface area contributed by atoms with Crippen LogP contribution in [-0.2, 0) is 28.2 Å². The number of carbonyl (C=O) groups is 1. The average molecular weight is 593 g/mol. The van der Waals surface area contributed by atoms with Crippen LogP contribution in [0.5, 0.6) is 0 Å². The van der Waals surface area contributed by atoms with Gasteiger partial charge in [-0.25, -0.2) is 0 Å². The third-order valence-electron chi connectivity index (χ3n) is 6.53. The maximum absolute atomic E-state index is 10.5. The van der Waals surface area contributed by atoms with Crippen molar-refractivity contribution in [2.45, 2.75) is 38.5 Å². The molecule has 1 N–H and O–H groups in total. The maximum Gasteiger partial charge on any atom is 0.103 e. The molecule has 0 spiro atoms. The van der Waals surface area contributed by atoms with Crippen molar-refractivity contribution in [3.63, 3.8) is 0 Å². The van der Waals surface area contributed by atoms with Crippen LogP contribution in [0.2, 0.25) is 0 Å². The van der Waals surface area contributed by atoms with Gasteiger partial charge in [0.05, 0.1) is 5.91 Å². The predicted octanol–water partition coefficient (Wildman–Crippen LogP) is 7.65. The number of amides is 1. The Bertz CT molecular complexity index is 1150. The van der Waals surface area contributed by atoms with Crippen molar-refractivity contribution in [2.75, 3.05) is 0 Å². The fourth-order valence-electron chi connectivity index (χ4n) is 4.65. The van der Waals surface area contributed by atoms with Gasteiger partial charge >= 0.3 is 35.6 Å². The predicted molar refractivity (Wildman–Crippen MR) is 160 cm³/mol. The van der Waals surface area contributed by atoms with Gasteiger partial charge in [0.1, 0.15) is 9.52 Å². The minimum Gasteiger partial charge on any atom is -0.668 e. The molecule has 1 saturated carbocycles. The number of carbonyl (C=O) groups excluding carboxylic acids is 1. The zero-order chi connectivity index (χ0) is 27.0. The fourth-order valence-corrected chi connectivity index (χ4v) is 5.87. The summed E-state index contributed by atoms with van der Waals surface area (Å²) in [6, 6.07) is 39.4. The smallest absolute Gasteiger partial charge is 0.103 e. The summed E-state index contributed by atoms with van der Waals surface area (Å²) in [4.78, 5) is 10.5. The molecule has 0 atom stereocenters. The van der Waals surface area contributed by atoms with Gasteiger partial charge in [0.2, 0.25) is 0 Å². The first-order valence-electron chi connectivity index (χ1n) is 12.9. The van der Waals surface area contributed by atoms with Crippen LogP contribution < -0.4 is 10.4 Å². The third kappa shape index (κ3) is 10.2. The molecule has 2 aliphatic carbocycles. The van der Waals surface area contributed by atoms with Crippen molar-refractivity contribution < 1.29 is 21.8 Å². The second-order valence-corrected chi connectivity index (χ2v) is 13.3. The molecule has 195 valence electrons. The van der Waals surface area contributed by atoms with Crippen LogP contribution in [0.25, 0.3) is 16.9 Å². The summed E-state index contributed by atoms with van der Waals surface area (Å²) in [7, 11) is 10.0. The number of halogens is 2. The van der Waals surface area contributed by atoms with E-state index in [4.69, 9.17) is 24.3 Å². The SMILES string of the molecule is [Cl][Ti][Cl].[NH-]C(=O)C1CCCCC1.[c-]1cccc2c1Cc1ccccc1-2.c1ccc([SiH]c2ccccc2)cc1. The molecule has 4 aromatic carbocycles. The van der Waals surface area contributed by atoms with Crippen LogP contribution in [0, 0.1) is 12.0 Å². The van der Waals surface area contributed by atoms with Gasteiger partial charge in [-0.3, -0.25) is 0 Å². The summed E-state index contributed by atoms with van der Waals surface area (Å²) >= 11 is -0.556. The molecule has 6 heteroatoms. The maximum atomic E-state index is 10.5. The summed E-state index contributed by atoms with van der Waals surface area (Å²) in [5, 5.41) is 2.90. The molecular formula is C32H32Cl2NOSiTi-2. The van der Waals surface area contributed by atoms with E-state index < -0.39 is 17.0 Å². The number of hydrogen-bond donors (Lipinski definition) is 0. The Morgan fingerprint density at radius 1 is 0.763 bits per heavy atom. The Balaban J connectivity index is 0.000000153. The Kier molecular flexibility index (Phi) is 14.0. The monoisotopic (exact) mass is 592 g/mol. The van der Waals surface area contributed by atoms with E-state index in [-0.39, 0.29) is 21.3 Å². The van der Waals surface area contributed by atoms with Crippen molar-refractivity contribution >= 4 is 44.4 Å². The molecule has 0 aromatic heterocycles. The van der Waals surface area contributed by atoms with E-state index in [1.54, 1.807) is 0 Å². The number of hydrogen-bond acceptors (Lipinski definition) is 1. The molecule has 1 radical (unpaired) electrons. The quantitative estimate of drug-likeness (QED) is 0.157. The molecule has 2 nitrogen and oxygen atoms in total. The van der Waals surface area contributed by atoms with Crippen LogP contribution in [0.1, 0.15) is 43.2 Å². The number of fused-ring (bicyclic) bond motifs is 3. The van der Waals surface area contributed by atoms with Gasteiger partial charge in [0.15, 0.2) is 0 Å². The Morgan fingerprint density at radius 2 is 1.29 bits per heavy atom. The van der Waals surface area contributed by atoms with Crippen LogP contribution in [0.3, 0.4) is 0 Å². The molecule has 0 bridgehead atoms. The normalized spacial score (nSPS) is 13.1. The van der Waals surface area contributed by atoms with E-state index in [0.29, 0.717) is 0 Å². The van der Waals surface area contributed by atoms with E-state index >= 15 is 0 Å². The zero-order valence-corrected chi connectivity index (χ0v) is 25.6. The van der Waals surface area contributed by atoms with Crippen molar-refractivity contribution in [1.82, 2.24) is 0 Å². The molecule has 2 aliphatic rings. The number of nitrogens with one attached hydrogen (secondary N) is 1. The van der Waals surface area contributed by atoms with E-state index in [0.717, 1.165) is 32.1 Å². The topological polar surface area (TPSA) is 40.9 Å². The molecule has 0 aliphatic heterocycles. The molecule has 38 heavy (non-hydrogen) atoms. The van der Waals surface area contributed by atoms with Gasteiger partial charge in [-0.05, 0) is 19.3 Å². The van der Waals surface area contributed by atoms with Gasteiger partial charge < -0.3 is 10.5 Å². The second kappa shape index (κ2) is 17.4. The first-order chi connectivity index (χ1) is 18.6. The van der Waals surface area contributed by atoms with Crippen molar-refractivity contribution in [3.05, 3.63) is 126 Å². The summed E-state index contributed by atoms with van der Waals surface area (Å²) in [5.74, 6) is -0.270. The summed E-state index contributed by atoms with van der Waals surface area (Å²) in [6.45, 7) is 0. The van der Waals surface area contributed by atoms with Crippen LogP contribution in [-0.4, -0.2) is 15.4 Å². The van der Waals surface area contributed by atoms with Gasteiger partial charge in [-0.2, -0.15) is 29.8 Å². The molecule has 4 aromatic rings. The van der Waals surface area contributed by atoms with Crippen molar-refractivity contribution in [1.29, 1.82) is 0 Å². The van der Waals surface area contributed by atoms with E-state index in [9.17, 15) is 4.79 Å². The Hall–Kier alpha value is -2.14.